The molecule has 2 atom stereocenters. The van der Waals surface area contributed by atoms with Crippen LogP contribution >= 0.6 is 0 Å². The molecule has 1 saturated carbocycles. The van der Waals surface area contributed by atoms with E-state index in [0.29, 0.717) is 24.0 Å². The third kappa shape index (κ3) is 6.45. The summed E-state index contributed by atoms with van der Waals surface area (Å²) in [4.78, 5) is 21.7. The van der Waals surface area contributed by atoms with E-state index in [1.807, 2.05) is 0 Å². The van der Waals surface area contributed by atoms with Crippen molar-refractivity contribution in [2.24, 2.45) is 11.8 Å². The molecule has 2 unspecified atom stereocenters. The van der Waals surface area contributed by atoms with Gasteiger partial charge in [-0.3, -0.25) is 9.59 Å². The quantitative estimate of drug-likeness (QED) is 0.427. The molecule has 0 N–H and O–H groups in total. The van der Waals surface area contributed by atoms with Crippen molar-refractivity contribution in [3.8, 4) is 0 Å². The highest BCUT2D eigenvalue weighted by molar-refractivity contribution is 5.81. The van der Waals surface area contributed by atoms with Crippen LogP contribution in [0.4, 0.5) is 0 Å². The van der Waals surface area contributed by atoms with Gasteiger partial charge in [0, 0.05) is 19.3 Å². The van der Waals surface area contributed by atoms with Crippen molar-refractivity contribution in [2.45, 2.75) is 71.6 Å². The van der Waals surface area contributed by atoms with E-state index in [9.17, 15) is 9.59 Å². The molecule has 0 heterocycles. The first-order chi connectivity index (χ1) is 10.1. The minimum Gasteiger partial charge on any atom is -0.469 e. The minimum atomic E-state index is -0.0869. The number of hydrogen-bond acceptors (Lipinski definition) is 3. The van der Waals surface area contributed by atoms with Crippen LogP contribution in [-0.2, 0) is 14.3 Å². The number of unbranched alkanes of at least 4 members (excludes halogenated alkanes) is 3. The highest BCUT2D eigenvalue weighted by Crippen LogP contribution is 2.40. The number of ketones is 1. The minimum absolute atomic E-state index is 0.0869. The summed E-state index contributed by atoms with van der Waals surface area (Å²) in [7, 11) is 1.43. The number of fused-ring (bicyclic) bond motifs is 1. The first-order valence-electron chi connectivity index (χ1n) is 8.33. The van der Waals surface area contributed by atoms with Crippen molar-refractivity contribution < 1.29 is 14.3 Å². The van der Waals surface area contributed by atoms with Crippen LogP contribution in [0.15, 0.2) is 11.6 Å². The summed E-state index contributed by atoms with van der Waals surface area (Å²) >= 11 is 0. The number of hydrogen-bond donors (Lipinski definition) is 0. The van der Waals surface area contributed by atoms with E-state index in [-0.39, 0.29) is 5.97 Å². The Bertz CT molecular complexity index is 371. The van der Waals surface area contributed by atoms with E-state index in [0.717, 1.165) is 25.7 Å². The summed E-state index contributed by atoms with van der Waals surface area (Å²) in [5.74, 6) is 1.72. The van der Waals surface area contributed by atoms with Gasteiger partial charge in [-0.25, -0.2) is 0 Å². The zero-order valence-electron chi connectivity index (χ0n) is 13.8. The van der Waals surface area contributed by atoms with Crippen molar-refractivity contribution in [3.63, 3.8) is 0 Å². The molecule has 3 heteroatoms. The van der Waals surface area contributed by atoms with Crippen LogP contribution in [0, 0.1) is 11.8 Å². The third-order valence-corrected chi connectivity index (χ3v) is 4.56. The Hall–Kier alpha value is -1.12. The monoisotopic (exact) mass is 294 g/mol. The third-order valence-electron chi connectivity index (χ3n) is 4.56. The van der Waals surface area contributed by atoms with Crippen molar-refractivity contribution in [2.75, 3.05) is 7.11 Å². The van der Waals surface area contributed by atoms with Crippen LogP contribution in [0.25, 0.3) is 0 Å². The summed E-state index contributed by atoms with van der Waals surface area (Å²) in [6, 6.07) is 0. The van der Waals surface area contributed by atoms with E-state index in [4.69, 9.17) is 0 Å². The van der Waals surface area contributed by atoms with Crippen molar-refractivity contribution in [3.05, 3.63) is 11.6 Å². The van der Waals surface area contributed by atoms with Gasteiger partial charge in [0.05, 0.1) is 7.11 Å². The fourth-order valence-corrected chi connectivity index (χ4v) is 3.24. The molecule has 0 saturated heterocycles. The number of ether oxygens (including phenoxy) is 1. The van der Waals surface area contributed by atoms with Gasteiger partial charge in [-0.05, 0) is 38.0 Å². The fraction of sp³-hybridized carbons (Fsp3) is 0.778. The van der Waals surface area contributed by atoms with Gasteiger partial charge in [0.2, 0.25) is 0 Å². The predicted octanol–water partition coefficient (Wildman–Crippen LogP) is 4.45. The van der Waals surface area contributed by atoms with Crippen molar-refractivity contribution in [1.29, 1.82) is 0 Å². The van der Waals surface area contributed by atoms with E-state index in [1.165, 1.54) is 38.4 Å². The van der Waals surface area contributed by atoms with Gasteiger partial charge in [0.1, 0.15) is 5.78 Å². The molecule has 120 valence electrons. The van der Waals surface area contributed by atoms with Crippen LogP contribution in [0.5, 0.6) is 0 Å². The van der Waals surface area contributed by atoms with Gasteiger partial charge in [-0.15, -0.1) is 0 Å². The maximum atomic E-state index is 11.1. The second-order valence-corrected chi connectivity index (χ2v) is 6.23. The lowest BCUT2D eigenvalue weighted by molar-refractivity contribution is -0.140. The molecule has 0 aromatic carbocycles. The largest absolute Gasteiger partial charge is 0.469 e. The molecule has 0 radical (unpaired) electrons. The standard InChI is InChI=1S/C10H14O.C8H16O2/c1-7-3-2-4-8-5-9(11)6-10(7)8;1-3-4-5-6-7-8(9)10-2/h3,8,10H,2,4-6H2,1H3;3-7H2,1-2H3. The predicted molar refractivity (Wildman–Crippen MR) is 85.0 cm³/mol. The van der Waals surface area contributed by atoms with Gasteiger partial charge in [0.15, 0.2) is 0 Å². The number of esters is 1. The molecule has 0 aromatic rings. The molecule has 0 spiro atoms. The van der Waals surface area contributed by atoms with Gasteiger partial charge in [0.25, 0.3) is 0 Å². The lowest BCUT2D eigenvalue weighted by Crippen LogP contribution is -2.12. The van der Waals surface area contributed by atoms with E-state index in [1.54, 1.807) is 0 Å². The molecule has 0 aliphatic heterocycles. The maximum absolute atomic E-state index is 11.1. The lowest BCUT2D eigenvalue weighted by atomic mass is 9.82. The van der Waals surface area contributed by atoms with Gasteiger partial charge in [-0.1, -0.05) is 37.8 Å². The van der Waals surface area contributed by atoms with Crippen molar-refractivity contribution in [1.82, 2.24) is 0 Å². The number of methoxy groups -OCH3 is 1. The smallest absolute Gasteiger partial charge is 0.305 e. The molecule has 2 aliphatic carbocycles. The average Bonchev–Trinajstić information content (AvgIpc) is 2.86. The summed E-state index contributed by atoms with van der Waals surface area (Å²) in [5, 5.41) is 0. The Morgan fingerprint density at radius 2 is 2.05 bits per heavy atom. The van der Waals surface area contributed by atoms with Crippen LogP contribution in [0.1, 0.15) is 71.6 Å². The first-order valence-corrected chi connectivity index (χ1v) is 8.33. The Balaban J connectivity index is 0.000000212. The maximum Gasteiger partial charge on any atom is 0.305 e. The lowest BCUT2D eigenvalue weighted by Gasteiger charge is -2.23. The van der Waals surface area contributed by atoms with Gasteiger partial charge < -0.3 is 4.74 Å². The number of allylic oxidation sites excluding steroid dienone is 2. The number of rotatable bonds is 5. The van der Waals surface area contributed by atoms with Crippen LogP contribution in [-0.4, -0.2) is 18.9 Å². The van der Waals surface area contributed by atoms with Gasteiger partial charge in [-0.2, -0.15) is 0 Å². The molecule has 2 rings (SSSR count). The molecular formula is C18H30O3. The Morgan fingerprint density at radius 3 is 2.67 bits per heavy atom. The first kappa shape index (κ1) is 17.9. The molecular weight excluding hydrogens is 264 g/mol. The molecule has 0 aromatic heterocycles. The number of carbonyl (C=O) groups excluding carboxylic acids is 2. The van der Waals surface area contributed by atoms with Crippen LogP contribution < -0.4 is 0 Å². The molecule has 2 aliphatic rings. The summed E-state index contributed by atoms with van der Waals surface area (Å²) < 4.78 is 4.49. The second-order valence-electron chi connectivity index (χ2n) is 6.23. The highest BCUT2D eigenvalue weighted by atomic mass is 16.5. The Morgan fingerprint density at radius 1 is 1.29 bits per heavy atom. The second kappa shape index (κ2) is 9.75. The zero-order chi connectivity index (χ0) is 15.7. The summed E-state index contributed by atoms with van der Waals surface area (Å²) in [6.07, 6.45) is 11.6. The Labute approximate surface area is 129 Å². The number of Topliss-reactive ketones (excluding diaryl/α,β-unsaturated/α-hetero) is 1. The highest BCUT2D eigenvalue weighted by Gasteiger charge is 2.34. The fourth-order valence-electron chi connectivity index (χ4n) is 3.24. The molecule has 3 nitrogen and oxygen atoms in total. The van der Waals surface area contributed by atoms with E-state index < -0.39 is 0 Å². The molecule has 0 amide bonds. The van der Waals surface area contributed by atoms with Gasteiger partial charge >= 0.3 is 5.97 Å². The normalized spacial score (nSPS) is 23.8. The van der Waals surface area contributed by atoms with Crippen molar-refractivity contribution >= 4 is 11.8 Å². The molecule has 0 bridgehead atoms. The van der Waals surface area contributed by atoms with Crippen LogP contribution in [0.2, 0.25) is 0 Å². The van der Waals surface area contributed by atoms with E-state index >= 15 is 0 Å². The summed E-state index contributed by atoms with van der Waals surface area (Å²) in [5.41, 5.74) is 1.46. The zero-order valence-corrected chi connectivity index (χ0v) is 13.8. The molecule has 21 heavy (non-hydrogen) atoms. The SMILES string of the molecule is CC1=CCCC2CC(=O)CC12.CCCCCCC(=O)OC. The summed E-state index contributed by atoms with van der Waals surface area (Å²) in [6.45, 7) is 4.33. The Kier molecular flexibility index (Phi) is 8.33. The average molecular weight is 294 g/mol. The van der Waals surface area contributed by atoms with E-state index in [2.05, 4.69) is 24.7 Å². The molecule has 1 fully saturated rings. The topological polar surface area (TPSA) is 43.4 Å². The number of carbonyl (C=O) groups is 2. The van der Waals surface area contributed by atoms with Crippen LogP contribution in [0.3, 0.4) is 0 Å².